The van der Waals surface area contributed by atoms with E-state index in [0.29, 0.717) is 0 Å². The lowest BCUT2D eigenvalue weighted by molar-refractivity contribution is 0.627. The van der Waals surface area contributed by atoms with Crippen molar-refractivity contribution in [2.75, 3.05) is 0 Å². The molecule has 0 radical (unpaired) electrons. The molecule has 0 amide bonds. The number of nitrogens with zero attached hydrogens (tertiary/aromatic N) is 1. The molecule has 1 atom stereocenters. The van der Waals surface area contributed by atoms with Crippen LogP contribution in [-0.4, -0.2) is 0 Å². The SMILES string of the molecule is C#[N+][C@@H]1CCCc2ccccc21. The van der Waals surface area contributed by atoms with E-state index in [4.69, 9.17) is 6.57 Å². The molecule has 0 fully saturated rings. The predicted octanol–water partition coefficient (Wildman–Crippen LogP) is 3.03. The van der Waals surface area contributed by atoms with Gasteiger partial charge in [-0.3, -0.25) is 0 Å². The first-order valence-corrected chi connectivity index (χ1v) is 4.39. The Hall–Kier alpha value is -1.29. The van der Waals surface area contributed by atoms with Gasteiger partial charge in [0, 0.05) is 12.0 Å². The van der Waals surface area contributed by atoms with Crippen molar-refractivity contribution in [3.63, 3.8) is 0 Å². The van der Waals surface area contributed by atoms with E-state index in [2.05, 4.69) is 29.1 Å². The van der Waals surface area contributed by atoms with Crippen LogP contribution in [-0.2, 0) is 6.42 Å². The van der Waals surface area contributed by atoms with E-state index in [9.17, 15) is 0 Å². The topological polar surface area (TPSA) is 4.36 Å². The lowest BCUT2D eigenvalue weighted by atomic mass is 9.88. The smallest absolute Gasteiger partial charge is 0.0784 e. The zero-order chi connectivity index (χ0) is 8.39. The molecule has 0 aromatic heterocycles. The van der Waals surface area contributed by atoms with Crippen molar-refractivity contribution < 1.29 is 0 Å². The van der Waals surface area contributed by atoms with Crippen molar-refractivity contribution in [1.29, 1.82) is 0 Å². The van der Waals surface area contributed by atoms with E-state index in [1.807, 2.05) is 0 Å². The average Bonchev–Trinajstić information content (AvgIpc) is 2.17. The van der Waals surface area contributed by atoms with Gasteiger partial charge in [0.2, 0.25) is 0 Å². The Morgan fingerprint density at radius 3 is 3.00 bits per heavy atom. The standard InChI is InChI=1S/C11H12N/c1-12-11-8-4-6-9-5-2-3-7-10(9)11/h1-3,5,7,11H,4,6,8H2/q+1/t11-/m1/s1. The minimum Gasteiger partial charge on any atom is -0.0784 e. The maximum absolute atomic E-state index is 5.34. The summed E-state index contributed by atoms with van der Waals surface area (Å²) in [6.45, 7) is 5.34. The average molecular weight is 158 g/mol. The predicted molar refractivity (Wildman–Crippen MR) is 50.4 cm³/mol. The third-order valence-corrected chi connectivity index (χ3v) is 2.52. The van der Waals surface area contributed by atoms with Gasteiger partial charge in [0.15, 0.2) is 0 Å². The molecular weight excluding hydrogens is 146 g/mol. The van der Waals surface area contributed by atoms with E-state index in [0.717, 1.165) is 6.42 Å². The maximum atomic E-state index is 5.34. The van der Waals surface area contributed by atoms with Gasteiger partial charge >= 0.3 is 0 Å². The quantitative estimate of drug-likeness (QED) is 0.546. The van der Waals surface area contributed by atoms with Gasteiger partial charge in [0.1, 0.15) is 0 Å². The van der Waals surface area contributed by atoms with Crippen molar-refractivity contribution in [2.24, 2.45) is 0 Å². The molecule has 0 bridgehead atoms. The summed E-state index contributed by atoms with van der Waals surface area (Å²) >= 11 is 0. The highest BCUT2D eigenvalue weighted by Crippen LogP contribution is 2.31. The molecule has 1 aliphatic rings. The van der Waals surface area contributed by atoms with Crippen molar-refractivity contribution >= 4 is 0 Å². The summed E-state index contributed by atoms with van der Waals surface area (Å²) < 4.78 is 0. The highest BCUT2D eigenvalue weighted by Gasteiger charge is 2.25. The van der Waals surface area contributed by atoms with Crippen LogP contribution < -0.4 is 0 Å². The summed E-state index contributed by atoms with van der Waals surface area (Å²) in [5.41, 5.74) is 2.74. The minimum absolute atomic E-state index is 0.245. The molecule has 1 heteroatoms. The Balaban J connectivity index is 2.45. The summed E-state index contributed by atoms with van der Waals surface area (Å²) in [5, 5.41) is 0. The molecular formula is C11H12N+. The summed E-state index contributed by atoms with van der Waals surface area (Å²) in [5.74, 6) is 0. The number of fused-ring (bicyclic) bond motifs is 1. The molecule has 1 aliphatic carbocycles. The van der Waals surface area contributed by atoms with Gasteiger partial charge in [-0.25, -0.2) is 0 Å². The summed E-state index contributed by atoms with van der Waals surface area (Å²) in [7, 11) is 0. The summed E-state index contributed by atoms with van der Waals surface area (Å²) in [6, 6.07) is 8.69. The van der Waals surface area contributed by atoms with Gasteiger partial charge in [0.05, 0.1) is 0 Å². The number of hydrogen-bond donors (Lipinski definition) is 0. The van der Waals surface area contributed by atoms with Crippen molar-refractivity contribution in [1.82, 2.24) is 0 Å². The van der Waals surface area contributed by atoms with Gasteiger partial charge in [-0.15, -0.1) is 0 Å². The molecule has 0 spiro atoms. The molecule has 0 unspecified atom stereocenters. The molecule has 0 saturated heterocycles. The van der Waals surface area contributed by atoms with Crippen LogP contribution in [0.3, 0.4) is 0 Å². The van der Waals surface area contributed by atoms with Gasteiger partial charge < -0.3 is 0 Å². The number of benzene rings is 1. The fraction of sp³-hybridized carbons (Fsp3) is 0.364. The Labute approximate surface area is 72.9 Å². The second kappa shape index (κ2) is 2.98. The normalized spacial score (nSPS) is 21.1. The minimum atomic E-state index is 0.245. The van der Waals surface area contributed by atoms with Gasteiger partial charge in [-0.1, -0.05) is 29.1 Å². The molecule has 1 aromatic carbocycles. The molecule has 60 valence electrons. The number of aryl methyl sites for hydroxylation is 1. The second-order valence-corrected chi connectivity index (χ2v) is 3.26. The first kappa shape index (κ1) is 7.36. The second-order valence-electron chi connectivity index (χ2n) is 3.26. The molecule has 2 rings (SSSR count). The zero-order valence-corrected chi connectivity index (χ0v) is 7.03. The summed E-state index contributed by atoms with van der Waals surface area (Å²) in [6.07, 6.45) is 3.50. The van der Waals surface area contributed by atoms with Crippen LogP contribution in [0.25, 0.3) is 4.85 Å². The molecule has 0 N–H and O–H groups in total. The highest BCUT2D eigenvalue weighted by atomic mass is 14.7. The third-order valence-electron chi connectivity index (χ3n) is 2.52. The Kier molecular flexibility index (Phi) is 1.83. The van der Waals surface area contributed by atoms with Crippen molar-refractivity contribution in [2.45, 2.75) is 25.3 Å². The van der Waals surface area contributed by atoms with E-state index in [1.165, 1.54) is 24.0 Å². The largest absolute Gasteiger partial charge is 0.297 e. The molecule has 0 saturated carbocycles. The van der Waals surface area contributed by atoms with E-state index in [-0.39, 0.29) is 6.04 Å². The lowest BCUT2D eigenvalue weighted by Crippen LogP contribution is -2.05. The Morgan fingerprint density at radius 1 is 1.33 bits per heavy atom. The zero-order valence-electron chi connectivity index (χ0n) is 7.03. The number of hydrogen-bond acceptors (Lipinski definition) is 0. The van der Waals surface area contributed by atoms with Gasteiger partial charge in [-0.2, -0.15) is 0 Å². The third kappa shape index (κ3) is 1.10. The van der Waals surface area contributed by atoms with Crippen LogP contribution in [0.1, 0.15) is 30.0 Å². The molecule has 0 aliphatic heterocycles. The molecule has 1 aromatic rings. The van der Waals surface area contributed by atoms with Crippen LogP contribution in [0.5, 0.6) is 0 Å². The van der Waals surface area contributed by atoms with Crippen molar-refractivity contribution in [3.8, 4) is 6.57 Å². The first-order chi connectivity index (χ1) is 5.92. The molecule has 1 nitrogen and oxygen atoms in total. The van der Waals surface area contributed by atoms with Crippen LogP contribution in [0, 0.1) is 6.57 Å². The van der Waals surface area contributed by atoms with E-state index >= 15 is 0 Å². The molecule has 0 heterocycles. The molecule has 12 heavy (non-hydrogen) atoms. The monoisotopic (exact) mass is 158 g/mol. The Morgan fingerprint density at radius 2 is 2.17 bits per heavy atom. The fourth-order valence-electron chi connectivity index (χ4n) is 1.88. The van der Waals surface area contributed by atoms with Gasteiger partial charge in [0.25, 0.3) is 12.6 Å². The van der Waals surface area contributed by atoms with Gasteiger partial charge in [-0.05, 0) is 18.4 Å². The Bertz CT molecular complexity index is 322. The fourth-order valence-corrected chi connectivity index (χ4v) is 1.88. The van der Waals surface area contributed by atoms with Crippen LogP contribution in [0.2, 0.25) is 0 Å². The lowest BCUT2D eigenvalue weighted by Gasteiger charge is -2.13. The van der Waals surface area contributed by atoms with E-state index < -0.39 is 0 Å². The van der Waals surface area contributed by atoms with Crippen molar-refractivity contribution in [3.05, 3.63) is 40.2 Å². The maximum Gasteiger partial charge on any atom is 0.297 e. The van der Waals surface area contributed by atoms with E-state index in [1.54, 1.807) is 0 Å². The van der Waals surface area contributed by atoms with Crippen LogP contribution in [0.4, 0.5) is 0 Å². The number of rotatable bonds is 0. The van der Waals surface area contributed by atoms with Crippen LogP contribution in [0.15, 0.2) is 24.3 Å². The summed E-state index contributed by atoms with van der Waals surface area (Å²) in [4.78, 5) is 3.89. The highest BCUT2D eigenvalue weighted by molar-refractivity contribution is 5.33. The first-order valence-electron chi connectivity index (χ1n) is 4.39. The van der Waals surface area contributed by atoms with Crippen LogP contribution >= 0.6 is 0 Å².